The summed E-state index contributed by atoms with van der Waals surface area (Å²) < 4.78 is 5.62. The Morgan fingerprint density at radius 2 is 2.00 bits per heavy atom. The number of hydrogen-bond donors (Lipinski definition) is 1. The van der Waals surface area contributed by atoms with Crippen LogP contribution in [0, 0.1) is 13.8 Å². The largest absolute Gasteiger partial charge is 0.379 e. The zero-order chi connectivity index (χ0) is 12.7. The van der Waals surface area contributed by atoms with Crippen molar-refractivity contribution >= 4 is 0 Å². The maximum Gasteiger partial charge on any atom is 0.0659 e. The number of nitrogens with two attached hydrogens (primary N) is 1. The van der Waals surface area contributed by atoms with Gasteiger partial charge in [-0.2, -0.15) is 0 Å². The van der Waals surface area contributed by atoms with E-state index in [1.165, 1.54) is 29.5 Å². The van der Waals surface area contributed by atoms with Crippen LogP contribution in [0.15, 0.2) is 18.2 Å². The lowest BCUT2D eigenvalue weighted by Gasteiger charge is -2.15. The minimum absolute atomic E-state index is 0.00322. The summed E-state index contributed by atoms with van der Waals surface area (Å²) in [6.07, 6.45) is 3.60. The third-order valence-electron chi connectivity index (χ3n) is 3.02. The van der Waals surface area contributed by atoms with Gasteiger partial charge in [-0.05, 0) is 31.4 Å². The van der Waals surface area contributed by atoms with E-state index in [9.17, 15) is 0 Å². The minimum Gasteiger partial charge on any atom is -0.379 e. The lowest BCUT2D eigenvalue weighted by Crippen LogP contribution is -2.18. The summed E-state index contributed by atoms with van der Waals surface area (Å²) in [6, 6.07) is 6.40. The van der Waals surface area contributed by atoms with Gasteiger partial charge in [0.25, 0.3) is 0 Å². The Bertz CT molecular complexity index is 336. The molecule has 1 aromatic rings. The van der Waals surface area contributed by atoms with Gasteiger partial charge in [0, 0.05) is 6.61 Å². The fraction of sp³-hybridized carbons (Fsp3) is 0.600. The molecule has 2 nitrogen and oxygen atoms in total. The molecule has 0 saturated heterocycles. The summed E-state index contributed by atoms with van der Waals surface area (Å²) in [5.41, 5.74) is 9.87. The summed E-state index contributed by atoms with van der Waals surface area (Å²) >= 11 is 0. The molecule has 0 aromatic heterocycles. The molecule has 96 valence electrons. The van der Waals surface area contributed by atoms with Crippen LogP contribution in [-0.2, 0) is 4.74 Å². The highest BCUT2D eigenvalue weighted by molar-refractivity contribution is 5.32. The second-order valence-electron chi connectivity index (χ2n) is 4.75. The highest BCUT2D eigenvalue weighted by Gasteiger charge is 2.09. The Labute approximate surface area is 105 Å². The Kier molecular flexibility index (Phi) is 6.23. The van der Waals surface area contributed by atoms with Gasteiger partial charge < -0.3 is 10.5 Å². The first-order valence-electron chi connectivity index (χ1n) is 6.55. The molecule has 0 fully saturated rings. The highest BCUT2D eigenvalue weighted by atomic mass is 16.5. The molecule has 2 heteroatoms. The molecule has 1 aromatic carbocycles. The number of aryl methyl sites for hydroxylation is 2. The molecule has 0 amide bonds. The molecule has 0 bridgehead atoms. The van der Waals surface area contributed by atoms with Crippen molar-refractivity contribution in [1.29, 1.82) is 0 Å². The molecule has 1 atom stereocenters. The molecule has 0 aliphatic carbocycles. The van der Waals surface area contributed by atoms with Crippen molar-refractivity contribution in [3.63, 3.8) is 0 Å². The Morgan fingerprint density at radius 3 is 2.71 bits per heavy atom. The van der Waals surface area contributed by atoms with Crippen LogP contribution in [0.4, 0.5) is 0 Å². The standard InChI is InChI=1S/C15H25NO/c1-4-5-6-9-17-11-15(16)14-10-12(2)7-8-13(14)3/h7-8,10,15H,4-6,9,11,16H2,1-3H3. The topological polar surface area (TPSA) is 35.2 Å². The van der Waals surface area contributed by atoms with E-state index >= 15 is 0 Å². The quantitative estimate of drug-likeness (QED) is 0.734. The summed E-state index contributed by atoms with van der Waals surface area (Å²) in [5.74, 6) is 0. The van der Waals surface area contributed by atoms with Crippen molar-refractivity contribution in [2.24, 2.45) is 5.73 Å². The monoisotopic (exact) mass is 235 g/mol. The molecule has 1 unspecified atom stereocenters. The third-order valence-corrected chi connectivity index (χ3v) is 3.02. The second-order valence-corrected chi connectivity index (χ2v) is 4.75. The lowest BCUT2D eigenvalue weighted by atomic mass is 10.00. The number of hydrogen-bond acceptors (Lipinski definition) is 2. The number of ether oxygens (including phenoxy) is 1. The van der Waals surface area contributed by atoms with Crippen molar-refractivity contribution in [2.75, 3.05) is 13.2 Å². The van der Waals surface area contributed by atoms with Crippen molar-refractivity contribution in [2.45, 2.75) is 46.1 Å². The predicted octanol–water partition coefficient (Wildman–Crippen LogP) is 3.51. The van der Waals surface area contributed by atoms with Crippen molar-refractivity contribution < 1.29 is 4.74 Å². The van der Waals surface area contributed by atoms with Crippen LogP contribution in [0.5, 0.6) is 0 Å². The number of benzene rings is 1. The van der Waals surface area contributed by atoms with Gasteiger partial charge in [0.2, 0.25) is 0 Å². The van der Waals surface area contributed by atoms with Gasteiger partial charge in [-0.1, -0.05) is 43.5 Å². The first-order valence-corrected chi connectivity index (χ1v) is 6.55. The minimum atomic E-state index is -0.00322. The first-order chi connectivity index (χ1) is 8.15. The van der Waals surface area contributed by atoms with Crippen LogP contribution < -0.4 is 5.73 Å². The van der Waals surface area contributed by atoms with Gasteiger partial charge in [0.1, 0.15) is 0 Å². The van der Waals surface area contributed by atoms with E-state index in [4.69, 9.17) is 10.5 Å². The number of unbranched alkanes of at least 4 members (excludes halogenated alkanes) is 2. The summed E-state index contributed by atoms with van der Waals surface area (Å²) in [4.78, 5) is 0. The summed E-state index contributed by atoms with van der Waals surface area (Å²) in [6.45, 7) is 7.84. The van der Waals surface area contributed by atoms with Crippen molar-refractivity contribution in [3.05, 3.63) is 34.9 Å². The normalized spacial score (nSPS) is 12.7. The molecule has 0 heterocycles. The average Bonchev–Trinajstić information content (AvgIpc) is 2.32. The molecular formula is C15H25NO. The van der Waals surface area contributed by atoms with E-state index < -0.39 is 0 Å². The molecular weight excluding hydrogens is 210 g/mol. The molecule has 2 N–H and O–H groups in total. The summed E-state index contributed by atoms with van der Waals surface area (Å²) in [5, 5.41) is 0. The highest BCUT2D eigenvalue weighted by Crippen LogP contribution is 2.17. The van der Waals surface area contributed by atoms with Gasteiger partial charge in [-0.25, -0.2) is 0 Å². The molecule has 1 rings (SSSR count). The van der Waals surface area contributed by atoms with Gasteiger partial charge in [-0.15, -0.1) is 0 Å². The molecule has 0 saturated carbocycles. The van der Waals surface area contributed by atoms with Gasteiger partial charge in [-0.3, -0.25) is 0 Å². The average molecular weight is 235 g/mol. The van der Waals surface area contributed by atoms with E-state index in [1.807, 2.05) is 0 Å². The van der Waals surface area contributed by atoms with Crippen LogP contribution in [0.3, 0.4) is 0 Å². The van der Waals surface area contributed by atoms with E-state index in [0.717, 1.165) is 13.0 Å². The van der Waals surface area contributed by atoms with Gasteiger partial charge in [0.05, 0.1) is 12.6 Å². The smallest absolute Gasteiger partial charge is 0.0659 e. The number of rotatable bonds is 7. The molecule has 0 aliphatic heterocycles. The first kappa shape index (κ1) is 14.2. The van der Waals surface area contributed by atoms with Crippen LogP contribution >= 0.6 is 0 Å². The fourth-order valence-electron chi connectivity index (χ4n) is 1.91. The zero-order valence-corrected chi connectivity index (χ0v) is 11.3. The molecule has 17 heavy (non-hydrogen) atoms. The SMILES string of the molecule is CCCCCOCC(N)c1cc(C)ccc1C. The van der Waals surface area contributed by atoms with E-state index in [1.54, 1.807) is 0 Å². The maximum atomic E-state index is 6.15. The molecule has 0 aliphatic rings. The maximum absolute atomic E-state index is 6.15. The lowest BCUT2D eigenvalue weighted by molar-refractivity contribution is 0.117. The van der Waals surface area contributed by atoms with E-state index in [-0.39, 0.29) is 6.04 Å². The fourth-order valence-corrected chi connectivity index (χ4v) is 1.91. The van der Waals surface area contributed by atoms with Crippen molar-refractivity contribution in [3.8, 4) is 0 Å². The van der Waals surface area contributed by atoms with Gasteiger partial charge >= 0.3 is 0 Å². The Hall–Kier alpha value is -0.860. The van der Waals surface area contributed by atoms with Crippen LogP contribution in [0.2, 0.25) is 0 Å². The Balaban J connectivity index is 2.41. The third kappa shape index (κ3) is 4.88. The predicted molar refractivity (Wildman–Crippen MR) is 73.2 cm³/mol. The summed E-state index contributed by atoms with van der Waals surface area (Å²) in [7, 11) is 0. The molecule has 0 radical (unpaired) electrons. The van der Waals surface area contributed by atoms with Crippen LogP contribution in [-0.4, -0.2) is 13.2 Å². The van der Waals surface area contributed by atoms with E-state index in [0.29, 0.717) is 6.61 Å². The Morgan fingerprint density at radius 1 is 1.24 bits per heavy atom. The molecule has 0 spiro atoms. The van der Waals surface area contributed by atoms with Crippen LogP contribution in [0.1, 0.15) is 48.9 Å². The zero-order valence-electron chi connectivity index (χ0n) is 11.3. The van der Waals surface area contributed by atoms with E-state index in [2.05, 4.69) is 39.0 Å². The second kappa shape index (κ2) is 7.46. The van der Waals surface area contributed by atoms with Gasteiger partial charge in [0.15, 0.2) is 0 Å². The van der Waals surface area contributed by atoms with Crippen LogP contribution in [0.25, 0.3) is 0 Å². The van der Waals surface area contributed by atoms with Crippen molar-refractivity contribution in [1.82, 2.24) is 0 Å².